The van der Waals surface area contributed by atoms with E-state index in [0.29, 0.717) is 12.4 Å². The normalized spacial score (nSPS) is 11.4. The summed E-state index contributed by atoms with van der Waals surface area (Å²) in [5, 5.41) is 10.4. The molecule has 0 aliphatic carbocycles. The highest BCUT2D eigenvalue weighted by Crippen LogP contribution is 2.21. The second-order valence-electron chi connectivity index (χ2n) is 5.03. The maximum Gasteiger partial charge on any atom is 0.0918 e. The lowest BCUT2D eigenvalue weighted by atomic mass is 10.2. The molecule has 3 rings (SSSR count). The number of halogens is 1. The number of aryl methyl sites for hydroxylation is 2. The van der Waals surface area contributed by atoms with Gasteiger partial charge < -0.3 is 0 Å². The summed E-state index contributed by atoms with van der Waals surface area (Å²) in [6.45, 7) is 4.73. The Morgan fingerprint density at radius 1 is 1.15 bits per heavy atom. The third kappa shape index (κ3) is 2.00. The first-order valence-corrected chi connectivity index (χ1v) is 7.14. The molecule has 0 fully saturated rings. The van der Waals surface area contributed by atoms with Crippen LogP contribution in [0.1, 0.15) is 22.6 Å². The Labute approximate surface area is 123 Å². The number of alkyl halides is 1. The molecule has 1 aromatic carbocycles. The highest BCUT2D eigenvalue weighted by Gasteiger charge is 2.14. The molecule has 0 aliphatic rings. The van der Waals surface area contributed by atoms with E-state index in [-0.39, 0.29) is 0 Å². The van der Waals surface area contributed by atoms with E-state index in [1.165, 1.54) is 5.39 Å². The van der Waals surface area contributed by atoms with Crippen LogP contribution in [0, 0.1) is 13.8 Å². The van der Waals surface area contributed by atoms with Crippen molar-refractivity contribution in [3.8, 4) is 0 Å². The molecule has 5 heteroatoms. The van der Waals surface area contributed by atoms with Crippen LogP contribution in [-0.2, 0) is 19.5 Å². The third-order valence-corrected chi connectivity index (χ3v) is 4.07. The number of benzene rings is 1. The summed E-state index contributed by atoms with van der Waals surface area (Å²) in [4.78, 5) is 0. The maximum atomic E-state index is 5.98. The van der Waals surface area contributed by atoms with Gasteiger partial charge in [-0.3, -0.25) is 9.36 Å². The van der Waals surface area contributed by atoms with Crippen LogP contribution >= 0.6 is 11.6 Å². The van der Waals surface area contributed by atoms with Gasteiger partial charge in [-0.25, -0.2) is 0 Å². The van der Waals surface area contributed by atoms with Crippen molar-refractivity contribution in [2.75, 3.05) is 0 Å². The number of fused-ring (bicyclic) bond motifs is 1. The molecule has 2 heterocycles. The monoisotopic (exact) mass is 288 g/mol. The van der Waals surface area contributed by atoms with Crippen molar-refractivity contribution in [3.05, 3.63) is 46.9 Å². The summed E-state index contributed by atoms with van der Waals surface area (Å²) in [5.41, 5.74) is 5.41. The van der Waals surface area contributed by atoms with E-state index in [1.807, 2.05) is 35.5 Å². The second-order valence-corrected chi connectivity index (χ2v) is 5.30. The zero-order chi connectivity index (χ0) is 14.3. The standard InChI is InChI=1S/C15H17ClN4/c1-10-13(8-16)11(2)20(17-10)9-14-12-6-4-5-7-15(12)19(3)18-14/h4-7H,8-9H2,1-3H3. The molecule has 0 amide bonds. The topological polar surface area (TPSA) is 35.6 Å². The summed E-state index contributed by atoms with van der Waals surface area (Å²) in [5.74, 6) is 0.501. The van der Waals surface area contributed by atoms with Crippen LogP contribution < -0.4 is 0 Å². The quantitative estimate of drug-likeness (QED) is 0.694. The van der Waals surface area contributed by atoms with E-state index in [4.69, 9.17) is 11.6 Å². The Kier molecular flexibility index (Phi) is 3.26. The second kappa shape index (κ2) is 4.94. The van der Waals surface area contributed by atoms with Gasteiger partial charge in [-0.1, -0.05) is 18.2 Å². The number of hydrogen-bond donors (Lipinski definition) is 0. The molecule has 0 bridgehead atoms. The van der Waals surface area contributed by atoms with Gasteiger partial charge in [0.1, 0.15) is 0 Å². The molecule has 3 aromatic rings. The molecular weight excluding hydrogens is 272 g/mol. The minimum Gasteiger partial charge on any atom is -0.268 e. The van der Waals surface area contributed by atoms with Gasteiger partial charge in [0.15, 0.2) is 0 Å². The Morgan fingerprint density at radius 2 is 1.90 bits per heavy atom. The fourth-order valence-electron chi connectivity index (χ4n) is 2.63. The summed E-state index contributed by atoms with van der Waals surface area (Å²) < 4.78 is 3.90. The van der Waals surface area contributed by atoms with Gasteiger partial charge >= 0.3 is 0 Å². The molecule has 20 heavy (non-hydrogen) atoms. The molecule has 2 aromatic heterocycles. The smallest absolute Gasteiger partial charge is 0.0918 e. The molecule has 0 aliphatic heterocycles. The number of hydrogen-bond acceptors (Lipinski definition) is 2. The predicted octanol–water partition coefficient (Wildman–Crippen LogP) is 3.17. The average Bonchev–Trinajstić information content (AvgIpc) is 2.89. The Morgan fingerprint density at radius 3 is 2.60 bits per heavy atom. The van der Waals surface area contributed by atoms with Gasteiger partial charge in [0.25, 0.3) is 0 Å². The van der Waals surface area contributed by atoms with Gasteiger partial charge in [0.05, 0.1) is 29.3 Å². The van der Waals surface area contributed by atoms with E-state index < -0.39 is 0 Å². The maximum absolute atomic E-state index is 5.98. The Balaban J connectivity index is 2.06. The van der Waals surface area contributed by atoms with Crippen LogP contribution in [-0.4, -0.2) is 19.6 Å². The number of rotatable bonds is 3. The molecule has 0 N–H and O–H groups in total. The molecule has 0 atom stereocenters. The predicted molar refractivity (Wildman–Crippen MR) is 81.1 cm³/mol. The van der Waals surface area contributed by atoms with Crippen molar-refractivity contribution in [1.82, 2.24) is 19.6 Å². The van der Waals surface area contributed by atoms with Crippen LogP contribution in [0.3, 0.4) is 0 Å². The zero-order valence-corrected chi connectivity index (χ0v) is 12.6. The fraction of sp³-hybridized carbons (Fsp3) is 0.333. The highest BCUT2D eigenvalue weighted by atomic mass is 35.5. The van der Waals surface area contributed by atoms with Crippen LogP contribution in [0.15, 0.2) is 24.3 Å². The van der Waals surface area contributed by atoms with E-state index in [2.05, 4.69) is 29.3 Å². The first-order valence-electron chi connectivity index (χ1n) is 6.61. The van der Waals surface area contributed by atoms with E-state index in [0.717, 1.165) is 28.2 Å². The third-order valence-electron chi connectivity index (χ3n) is 3.80. The van der Waals surface area contributed by atoms with Gasteiger partial charge in [0, 0.05) is 23.7 Å². The van der Waals surface area contributed by atoms with Crippen LogP contribution in [0.4, 0.5) is 0 Å². The minimum absolute atomic E-state index is 0.501. The van der Waals surface area contributed by atoms with Crippen LogP contribution in [0.25, 0.3) is 10.9 Å². The number of para-hydroxylation sites is 1. The minimum atomic E-state index is 0.501. The van der Waals surface area contributed by atoms with E-state index in [1.54, 1.807) is 0 Å². The van der Waals surface area contributed by atoms with Crippen molar-refractivity contribution < 1.29 is 0 Å². The lowest BCUT2D eigenvalue weighted by Crippen LogP contribution is -2.05. The van der Waals surface area contributed by atoms with E-state index >= 15 is 0 Å². The SMILES string of the molecule is Cc1nn(Cc2nn(C)c3ccccc23)c(C)c1CCl. The average molecular weight is 289 g/mol. The molecule has 0 saturated heterocycles. The summed E-state index contributed by atoms with van der Waals surface area (Å²) in [6, 6.07) is 8.25. The Hall–Kier alpha value is -1.81. The van der Waals surface area contributed by atoms with Crippen LogP contribution in [0.5, 0.6) is 0 Å². The van der Waals surface area contributed by atoms with Gasteiger partial charge in [-0.2, -0.15) is 10.2 Å². The number of aromatic nitrogens is 4. The summed E-state index contributed by atoms with van der Waals surface area (Å²) >= 11 is 5.98. The highest BCUT2D eigenvalue weighted by molar-refractivity contribution is 6.17. The van der Waals surface area contributed by atoms with Crippen molar-refractivity contribution in [1.29, 1.82) is 0 Å². The summed E-state index contributed by atoms with van der Waals surface area (Å²) in [6.07, 6.45) is 0. The van der Waals surface area contributed by atoms with Gasteiger partial charge in [-0.15, -0.1) is 11.6 Å². The molecule has 0 unspecified atom stereocenters. The van der Waals surface area contributed by atoms with Gasteiger partial charge in [-0.05, 0) is 19.9 Å². The lowest BCUT2D eigenvalue weighted by molar-refractivity contribution is 0.634. The number of nitrogens with zero attached hydrogens (tertiary/aromatic N) is 4. The van der Waals surface area contributed by atoms with Crippen molar-refractivity contribution in [2.45, 2.75) is 26.3 Å². The zero-order valence-electron chi connectivity index (χ0n) is 11.9. The van der Waals surface area contributed by atoms with Crippen molar-refractivity contribution >= 4 is 22.5 Å². The molecular formula is C15H17ClN4. The largest absolute Gasteiger partial charge is 0.268 e. The van der Waals surface area contributed by atoms with Gasteiger partial charge in [0.2, 0.25) is 0 Å². The molecule has 4 nitrogen and oxygen atoms in total. The molecule has 0 radical (unpaired) electrons. The van der Waals surface area contributed by atoms with Crippen molar-refractivity contribution in [3.63, 3.8) is 0 Å². The summed E-state index contributed by atoms with van der Waals surface area (Å²) in [7, 11) is 1.97. The lowest BCUT2D eigenvalue weighted by Gasteiger charge is -2.03. The van der Waals surface area contributed by atoms with Crippen molar-refractivity contribution in [2.24, 2.45) is 7.05 Å². The first kappa shape index (κ1) is 13.2. The molecule has 104 valence electrons. The fourth-order valence-corrected chi connectivity index (χ4v) is 3.02. The Bertz CT molecular complexity index is 770. The van der Waals surface area contributed by atoms with Crippen LogP contribution in [0.2, 0.25) is 0 Å². The van der Waals surface area contributed by atoms with E-state index in [9.17, 15) is 0 Å². The molecule has 0 spiro atoms. The first-order chi connectivity index (χ1) is 9.61. The molecule has 0 saturated carbocycles.